The van der Waals surface area contributed by atoms with Gasteiger partial charge in [-0.05, 0) is 17.7 Å². The first kappa shape index (κ1) is 11.8. The first-order valence-electron chi connectivity index (χ1n) is 4.29. The van der Waals surface area contributed by atoms with Crippen molar-refractivity contribution in [2.24, 2.45) is 0 Å². The van der Waals surface area contributed by atoms with Crippen LogP contribution in [-0.4, -0.2) is 20.2 Å². The molecule has 1 aromatic carbocycles. The molecule has 0 saturated carbocycles. The molecule has 2 nitrogen and oxygen atoms in total. The number of hydrogen-bond acceptors (Lipinski definition) is 2. The molecular weight excluding hydrogens is 221 g/mol. The topological polar surface area (TPSA) is 21.3 Å². The molecule has 1 aliphatic rings. The number of halogens is 2. The molecule has 4 heteroatoms. The van der Waals surface area contributed by atoms with Gasteiger partial charge in [-0.1, -0.05) is 23.7 Å². The third-order valence-electron chi connectivity index (χ3n) is 2.58. The molecule has 0 radical (unpaired) electrons. The standard InChI is InChI=1S/C10H12ClNO.ClH/c1-13-10(6-12-7-10)8-2-4-9(11)5-3-8;/h2-5,12H,6-7H2,1H3;1H. The van der Waals surface area contributed by atoms with Crippen molar-refractivity contribution in [1.82, 2.24) is 5.32 Å². The van der Waals surface area contributed by atoms with Crippen molar-refractivity contribution >= 4 is 24.0 Å². The average Bonchev–Trinajstić information content (AvgIpc) is 2.07. The molecular formula is C10H13Cl2NO. The van der Waals surface area contributed by atoms with Gasteiger partial charge in [0.2, 0.25) is 0 Å². The van der Waals surface area contributed by atoms with Crippen LogP contribution in [0.2, 0.25) is 5.02 Å². The summed E-state index contributed by atoms with van der Waals surface area (Å²) in [5, 5.41) is 3.97. The zero-order valence-electron chi connectivity index (χ0n) is 7.92. The van der Waals surface area contributed by atoms with Gasteiger partial charge in [-0.15, -0.1) is 12.4 Å². The van der Waals surface area contributed by atoms with E-state index in [4.69, 9.17) is 16.3 Å². The van der Waals surface area contributed by atoms with Crippen LogP contribution in [0, 0.1) is 0 Å². The summed E-state index contributed by atoms with van der Waals surface area (Å²) in [6.07, 6.45) is 0. The third-order valence-corrected chi connectivity index (χ3v) is 2.83. The van der Waals surface area contributed by atoms with E-state index in [2.05, 4.69) is 5.32 Å². The minimum Gasteiger partial charge on any atom is -0.371 e. The van der Waals surface area contributed by atoms with Gasteiger partial charge in [0.05, 0.1) is 0 Å². The number of benzene rings is 1. The van der Waals surface area contributed by atoms with Crippen LogP contribution in [0.15, 0.2) is 24.3 Å². The van der Waals surface area contributed by atoms with Crippen molar-refractivity contribution in [3.05, 3.63) is 34.9 Å². The van der Waals surface area contributed by atoms with Crippen LogP contribution in [0.3, 0.4) is 0 Å². The van der Waals surface area contributed by atoms with Crippen molar-refractivity contribution in [1.29, 1.82) is 0 Å². The van der Waals surface area contributed by atoms with Crippen LogP contribution in [0.25, 0.3) is 0 Å². The summed E-state index contributed by atoms with van der Waals surface area (Å²) in [6.45, 7) is 1.76. The third kappa shape index (κ3) is 1.89. The Bertz CT molecular complexity index is 290. The molecule has 14 heavy (non-hydrogen) atoms. The maximum absolute atomic E-state index is 5.81. The van der Waals surface area contributed by atoms with Crippen LogP contribution >= 0.6 is 24.0 Å². The second-order valence-electron chi connectivity index (χ2n) is 3.31. The van der Waals surface area contributed by atoms with Gasteiger partial charge in [0.1, 0.15) is 5.60 Å². The molecule has 0 amide bonds. The molecule has 0 spiro atoms. The van der Waals surface area contributed by atoms with E-state index in [0.29, 0.717) is 0 Å². The molecule has 1 heterocycles. The van der Waals surface area contributed by atoms with E-state index in [1.54, 1.807) is 7.11 Å². The van der Waals surface area contributed by atoms with Crippen molar-refractivity contribution in [3.63, 3.8) is 0 Å². The Kier molecular flexibility index (Phi) is 3.78. The van der Waals surface area contributed by atoms with Gasteiger partial charge in [0.25, 0.3) is 0 Å². The lowest BCUT2D eigenvalue weighted by molar-refractivity contribution is -0.0565. The van der Waals surface area contributed by atoms with Crippen molar-refractivity contribution in [2.45, 2.75) is 5.60 Å². The molecule has 1 aromatic rings. The van der Waals surface area contributed by atoms with Gasteiger partial charge in [-0.25, -0.2) is 0 Å². The van der Waals surface area contributed by atoms with Crippen molar-refractivity contribution < 1.29 is 4.74 Å². The summed E-state index contributed by atoms with van der Waals surface area (Å²) in [5.41, 5.74) is 1.07. The first-order valence-corrected chi connectivity index (χ1v) is 4.66. The Balaban J connectivity index is 0.000000980. The van der Waals surface area contributed by atoms with Gasteiger partial charge >= 0.3 is 0 Å². The second-order valence-corrected chi connectivity index (χ2v) is 3.75. The lowest BCUT2D eigenvalue weighted by Crippen LogP contribution is -2.57. The van der Waals surface area contributed by atoms with E-state index in [9.17, 15) is 0 Å². The molecule has 1 fully saturated rings. The van der Waals surface area contributed by atoms with Crippen LogP contribution in [0.1, 0.15) is 5.56 Å². The first-order chi connectivity index (χ1) is 6.27. The summed E-state index contributed by atoms with van der Waals surface area (Å²) < 4.78 is 5.49. The Morgan fingerprint density at radius 3 is 2.21 bits per heavy atom. The quantitative estimate of drug-likeness (QED) is 0.847. The van der Waals surface area contributed by atoms with E-state index in [1.165, 1.54) is 5.56 Å². The Morgan fingerprint density at radius 2 is 1.86 bits per heavy atom. The average molecular weight is 234 g/mol. The maximum atomic E-state index is 5.81. The second kappa shape index (κ2) is 4.49. The Labute approximate surface area is 95.0 Å². The van der Waals surface area contributed by atoms with Crippen LogP contribution in [0.5, 0.6) is 0 Å². The number of hydrogen-bond donors (Lipinski definition) is 1. The lowest BCUT2D eigenvalue weighted by Gasteiger charge is -2.41. The number of rotatable bonds is 2. The summed E-state index contributed by atoms with van der Waals surface area (Å²) in [7, 11) is 1.75. The number of methoxy groups -OCH3 is 1. The fourth-order valence-electron chi connectivity index (χ4n) is 1.57. The lowest BCUT2D eigenvalue weighted by atomic mass is 9.88. The predicted molar refractivity (Wildman–Crippen MR) is 60.3 cm³/mol. The normalized spacial score (nSPS) is 18.1. The zero-order chi connectivity index (χ0) is 9.31. The molecule has 1 aliphatic heterocycles. The van der Waals surface area contributed by atoms with E-state index < -0.39 is 0 Å². The van der Waals surface area contributed by atoms with Gasteiger partial charge < -0.3 is 10.1 Å². The number of nitrogens with one attached hydrogen (secondary N) is 1. The van der Waals surface area contributed by atoms with Crippen LogP contribution < -0.4 is 5.32 Å². The SMILES string of the molecule is COC1(c2ccc(Cl)cc2)CNC1.Cl. The van der Waals surface area contributed by atoms with E-state index in [1.807, 2.05) is 24.3 Å². The molecule has 0 aliphatic carbocycles. The van der Waals surface area contributed by atoms with Gasteiger partial charge in [-0.3, -0.25) is 0 Å². The summed E-state index contributed by atoms with van der Waals surface area (Å²) in [4.78, 5) is 0. The van der Waals surface area contributed by atoms with Gasteiger partial charge in [-0.2, -0.15) is 0 Å². The minimum atomic E-state index is -0.120. The minimum absolute atomic E-state index is 0. The van der Waals surface area contributed by atoms with Crippen LogP contribution in [-0.2, 0) is 10.3 Å². The number of ether oxygens (including phenoxy) is 1. The smallest absolute Gasteiger partial charge is 0.117 e. The highest BCUT2D eigenvalue weighted by atomic mass is 35.5. The maximum Gasteiger partial charge on any atom is 0.117 e. The fourth-order valence-corrected chi connectivity index (χ4v) is 1.70. The van der Waals surface area contributed by atoms with Gasteiger partial charge in [0.15, 0.2) is 0 Å². The largest absolute Gasteiger partial charge is 0.371 e. The summed E-state index contributed by atoms with van der Waals surface area (Å²) in [5.74, 6) is 0. The predicted octanol–water partition coefficient (Wildman–Crippen LogP) is 2.21. The molecule has 1 N–H and O–H groups in total. The molecule has 78 valence electrons. The van der Waals surface area contributed by atoms with Crippen molar-refractivity contribution in [3.8, 4) is 0 Å². The highest BCUT2D eigenvalue weighted by molar-refractivity contribution is 6.30. The zero-order valence-corrected chi connectivity index (χ0v) is 9.49. The summed E-state index contributed by atoms with van der Waals surface area (Å²) in [6, 6.07) is 7.84. The van der Waals surface area contributed by atoms with E-state index >= 15 is 0 Å². The van der Waals surface area contributed by atoms with E-state index in [-0.39, 0.29) is 18.0 Å². The molecule has 0 unspecified atom stereocenters. The highest BCUT2D eigenvalue weighted by Gasteiger charge is 2.38. The van der Waals surface area contributed by atoms with Gasteiger partial charge in [0, 0.05) is 25.2 Å². The molecule has 0 bridgehead atoms. The van der Waals surface area contributed by atoms with Crippen molar-refractivity contribution in [2.75, 3.05) is 20.2 Å². The molecule has 1 saturated heterocycles. The highest BCUT2D eigenvalue weighted by Crippen LogP contribution is 2.29. The monoisotopic (exact) mass is 233 g/mol. The van der Waals surface area contributed by atoms with E-state index in [0.717, 1.165) is 18.1 Å². The molecule has 2 rings (SSSR count). The Morgan fingerprint density at radius 1 is 1.29 bits per heavy atom. The fraction of sp³-hybridized carbons (Fsp3) is 0.400. The Hall–Kier alpha value is -0.280. The van der Waals surface area contributed by atoms with Crippen LogP contribution in [0.4, 0.5) is 0 Å². The molecule has 0 aromatic heterocycles. The molecule has 0 atom stereocenters. The summed E-state index contributed by atoms with van der Waals surface area (Å²) >= 11 is 5.81.